The molecule has 6 heteroatoms. The average Bonchev–Trinajstić information content (AvgIpc) is 2.72. The van der Waals surface area contributed by atoms with Crippen molar-refractivity contribution in [3.8, 4) is 0 Å². The Hall–Kier alpha value is -2.34. The number of aliphatic imine (C=N–C) groups is 1. The van der Waals surface area contributed by atoms with Gasteiger partial charge in [-0.05, 0) is 51.3 Å². The number of para-hydroxylation sites is 1. The third-order valence-electron chi connectivity index (χ3n) is 5.60. The van der Waals surface area contributed by atoms with Crippen LogP contribution in [0.1, 0.15) is 39.2 Å². The van der Waals surface area contributed by atoms with Crippen LogP contribution in [0.15, 0.2) is 35.3 Å². The highest BCUT2D eigenvalue weighted by Gasteiger charge is 2.21. The first-order valence-corrected chi connectivity index (χ1v) is 10.8. The molecule has 2 N–H and O–H groups in total. The Bertz CT molecular complexity index is 821. The van der Waals surface area contributed by atoms with Crippen LogP contribution < -0.4 is 15.5 Å². The second kappa shape index (κ2) is 9.92. The maximum absolute atomic E-state index is 4.92. The van der Waals surface area contributed by atoms with Gasteiger partial charge in [-0.15, -0.1) is 0 Å². The van der Waals surface area contributed by atoms with Crippen LogP contribution in [0.25, 0.3) is 10.9 Å². The van der Waals surface area contributed by atoms with Gasteiger partial charge in [0.1, 0.15) is 5.82 Å². The SMILES string of the molecule is CCNC(=NCc1cc(N(C)C)nc2ccccc12)NC1CCN(C(C)C)CC1. The van der Waals surface area contributed by atoms with Crippen LogP contribution in [-0.2, 0) is 6.54 Å². The van der Waals surface area contributed by atoms with E-state index in [1.165, 1.54) is 10.9 Å². The number of fused-ring (bicyclic) bond motifs is 1. The Morgan fingerprint density at radius 1 is 1.24 bits per heavy atom. The predicted molar refractivity (Wildman–Crippen MR) is 124 cm³/mol. The largest absolute Gasteiger partial charge is 0.363 e. The lowest BCUT2D eigenvalue weighted by atomic mass is 10.0. The molecule has 0 unspecified atom stereocenters. The highest BCUT2D eigenvalue weighted by molar-refractivity contribution is 5.85. The molecule has 0 aliphatic carbocycles. The van der Waals surface area contributed by atoms with Crippen molar-refractivity contribution in [1.29, 1.82) is 0 Å². The predicted octanol–water partition coefficient (Wildman–Crippen LogP) is 3.23. The van der Waals surface area contributed by atoms with Gasteiger partial charge in [0.15, 0.2) is 5.96 Å². The van der Waals surface area contributed by atoms with Gasteiger partial charge in [0.25, 0.3) is 0 Å². The first kappa shape index (κ1) is 21.4. The van der Waals surface area contributed by atoms with E-state index in [2.05, 4.69) is 60.6 Å². The fraction of sp³-hybridized carbons (Fsp3) is 0.565. The molecule has 0 atom stereocenters. The molecule has 29 heavy (non-hydrogen) atoms. The number of nitrogens with one attached hydrogen (secondary N) is 2. The van der Waals surface area contributed by atoms with Crippen molar-refractivity contribution >= 4 is 22.7 Å². The minimum atomic E-state index is 0.481. The number of anilines is 1. The molecule has 3 rings (SSSR count). The standard InChI is InChI=1S/C23H36N6/c1-6-24-23(26-19-11-13-29(14-12-19)17(2)3)25-16-18-15-22(28(4)5)27-21-10-8-7-9-20(18)21/h7-10,15,17,19H,6,11-14,16H2,1-5H3,(H2,24,25,26). The van der Waals surface area contributed by atoms with Crippen LogP contribution in [0.4, 0.5) is 5.82 Å². The zero-order valence-electron chi connectivity index (χ0n) is 18.6. The molecule has 1 aliphatic rings. The summed E-state index contributed by atoms with van der Waals surface area (Å²) in [6.07, 6.45) is 2.32. The van der Waals surface area contributed by atoms with E-state index < -0.39 is 0 Å². The van der Waals surface area contributed by atoms with Crippen LogP contribution in [0.2, 0.25) is 0 Å². The molecule has 0 radical (unpaired) electrons. The Kier molecular flexibility index (Phi) is 7.31. The summed E-state index contributed by atoms with van der Waals surface area (Å²) in [6.45, 7) is 10.5. The Balaban J connectivity index is 1.75. The summed E-state index contributed by atoms with van der Waals surface area (Å²) in [5.74, 6) is 1.87. The molecule has 0 amide bonds. The number of pyridine rings is 1. The molecule has 0 spiro atoms. The number of hydrogen-bond acceptors (Lipinski definition) is 4. The quantitative estimate of drug-likeness (QED) is 0.580. The van der Waals surface area contributed by atoms with Crippen molar-refractivity contribution in [2.75, 3.05) is 38.6 Å². The van der Waals surface area contributed by atoms with E-state index >= 15 is 0 Å². The minimum absolute atomic E-state index is 0.481. The lowest BCUT2D eigenvalue weighted by molar-refractivity contribution is 0.167. The van der Waals surface area contributed by atoms with Gasteiger partial charge >= 0.3 is 0 Å². The lowest BCUT2D eigenvalue weighted by Crippen LogP contribution is -2.49. The molecular weight excluding hydrogens is 360 g/mol. The maximum atomic E-state index is 4.92. The Labute approximate surface area is 175 Å². The first-order valence-electron chi connectivity index (χ1n) is 10.8. The summed E-state index contributed by atoms with van der Waals surface area (Å²) in [6, 6.07) is 11.6. The number of rotatable bonds is 6. The number of guanidine groups is 1. The number of aromatic nitrogens is 1. The van der Waals surface area contributed by atoms with Crippen LogP contribution in [0.3, 0.4) is 0 Å². The molecule has 0 bridgehead atoms. The van der Waals surface area contributed by atoms with E-state index in [1.54, 1.807) is 0 Å². The monoisotopic (exact) mass is 396 g/mol. The topological polar surface area (TPSA) is 55.8 Å². The summed E-state index contributed by atoms with van der Waals surface area (Å²) in [5.41, 5.74) is 2.22. The van der Waals surface area contributed by atoms with Crippen molar-refractivity contribution in [2.45, 2.75) is 52.2 Å². The number of nitrogens with zero attached hydrogens (tertiary/aromatic N) is 4. The van der Waals surface area contributed by atoms with Crippen LogP contribution >= 0.6 is 0 Å². The molecule has 0 saturated carbocycles. The lowest BCUT2D eigenvalue weighted by Gasteiger charge is -2.35. The van der Waals surface area contributed by atoms with E-state index in [4.69, 9.17) is 9.98 Å². The smallest absolute Gasteiger partial charge is 0.191 e. The number of likely N-dealkylation sites (tertiary alicyclic amines) is 1. The van der Waals surface area contributed by atoms with Crippen LogP contribution in [0.5, 0.6) is 0 Å². The summed E-state index contributed by atoms with van der Waals surface area (Å²) >= 11 is 0. The molecular formula is C23H36N6. The second-order valence-corrected chi connectivity index (χ2v) is 8.29. The van der Waals surface area contributed by atoms with Crippen molar-refractivity contribution in [3.63, 3.8) is 0 Å². The van der Waals surface area contributed by atoms with E-state index in [1.807, 2.05) is 25.1 Å². The van der Waals surface area contributed by atoms with Gasteiger partial charge < -0.3 is 20.4 Å². The molecule has 2 heterocycles. The minimum Gasteiger partial charge on any atom is -0.363 e. The molecule has 1 fully saturated rings. The molecule has 1 saturated heterocycles. The summed E-state index contributed by atoms with van der Waals surface area (Å²) in [4.78, 5) is 14.3. The summed E-state index contributed by atoms with van der Waals surface area (Å²) in [5, 5.41) is 8.25. The maximum Gasteiger partial charge on any atom is 0.191 e. The molecule has 1 aromatic carbocycles. The third-order valence-corrected chi connectivity index (χ3v) is 5.60. The number of benzene rings is 1. The summed E-state index contributed by atoms with van der Waals surface area (Å²) in [7, 11) is 4.05. The van der Waals surface area contributed by atoms with Crippen LogP contribution in [-0.4, -0.2) is 61.7 Å². The van der Waals surface area contributed by atoms with Crippen molar-refractivity contribution < 1.29 is 0 Å². The van der Waals surface area contributed by atoms with E-state index in [-0.39, 0.29) is 0 Å². The van der Waals surface area contributed by atoms with Gasteiger partial charge in [-0.25, -0.2) is 9.98 Å². The molecule has 6 nitrogen and oxygen atoms in total. The van der Waals surface area contributed by atoms with Crippen molar-refractivity contribution in [2.24, 2.45) is 4.99 Å². The van der Waals surface area contributed by atoms with Gasteiger partial charge in [0.2, 0.25) is 0 Å². The fourth-order valence-corrected chi connectivity index (χ4v) is 3.83. The Morgan fingerprint density at radius 2 is 1.97 bits per heavy atom. The number of piperidine rings is 1. The second-order valence-electron chi connectivity index (χ2n) is 8.29. The Morgan fingerprint density at radius 3 is 2.62 bits per heavy atom. The van der Waals surface area contributed by atoms with E-state index in [9.17, 15) is 0 Å². The van der Waals surface area contributed by atoms with Gasteiger partial charge in [-0.2, -0.15) is 0 Å². The zero-order valence-corrected chi connectivity index (χ0v) is 18.6. The van der Waals surface area contributed by atoms with Crippen LogP contribution in [0, 0.1) is 0 Å². The molecule has 158 valence electrons. The third kappa shape index (κ3) is 5.60. The highest BCUT2D eigenvalue weighted by Crippen LogP contribution is 2.23. The van der Waals surface area contributed by atoms with Crippen molar-refractivity contribution in [3.05, 3.63) is 35.9 Å². The highest BCUT2D eigenvalue weighted by atomic mass is 15.2. The van der Waals surface area contributed by atoms with E-state index in [0.717, 1.165) is 49.8 Å². The summed E-state index contributed by atoms with van der Waals surface area (Å²) < 4.78 is 0. The van der Waals surface area contributed by atoms with Gasteiger partial charge in [-0.3, -0.25) is 0 Å². The molecule has 1 aliphatic heterocycles. The zero-order chi connectivity index (χ0) is 20.8. The number of hydrogen-bond donors (Lipinski definition) is 2. The first-order chi connectivity index (χ1) is 14.0. The fourth-order valence-electron chi connectivity index (χ4n) is 3.83. The molecule has 1 aromatic heterocycles. The van der Waals surface area contributed by atoms with E-state index in [0.29, 0.717) is 18.6 Å². The van der Waals surface area contributed by atoms with Crippen molar-refractivity contribution in [1.82, 2.24) is 20.5 Å². The molecule has 2 aromatic rings. The average molecular weight is 397 g/mol. The van der Waals surface area contributed by atoms with Gasteiger partial charge in [-0.1, -0.05) is 18.2 Å². The van der Waals surface area contributed by atoms with Gasteiger partial charge in [0.05, 0.1) is 12.1 Å². The van der Waals surface area contributed by atoms with Gasteiger partial charge in [0, 0.05) is 51.2 Å². The normalized spacial score (nSPS) is 16.4.